The number of thiazole rings is 2. The maximum atomic E-state index is 5.55. The fourth-order valence-corrected chi connectivity index (χ4v) is 28.5. The SMILES string of the molecule is CCCCCCCCCCCCc1cc(C)sc1-c1cc(CCCCCCCCCCCC)c(-c2nc3cc4sc(-c5sc(-c6sc(C)cc6CCCCCCCCCCCC)cc5CCCCCCCCCCCC)nc4cc3s2)s1.c1ccc(P(c2ccccc2)c2ccccc2)cc1.c1ccc(P(c2ccccc2)c2ccccc2)cc1. The number of unbranched alkanes of at least 4 members (excludes halogenated alkanes) is 36. The first kappa shape index (κ1) is 94.7. The predicted octanol–water partition coefficient (Wildman–Crippen LogP) is 35.2. The molecule has 13 aromatic rings. The monoisotopic (exact) mass is 1740 g/mol. The number of fused-ring (bicyclic) bond motifs is 2. The quantitative estimate of drug-likeness (QED) is 0.0280. The smallest absolute Gasteiger partial charge is 0.134 e. The Kier molecular flexibility index (Phi) is 43.7. The van der Waals surface area contributed by atoms with E-state index in [0.717, 1.165) is 23.9 Å². The summed E-state index contributed by atoms with van der Waals surface area (Å²) < 4.78 is 2.55. The summed E-state index contributed by atoms with van der Waals surface area (Å²) in [7, 11) is -0.892. The number of hydrogen-bond donors (Lipinski definition) is 0. The van der Waals surface area contributed by atoms with Gasteiger partial charge in [0.15, 0.2) is 0 Å². The van der Waals surface area contributed by atoms with Crippen LogP contribution in [0.1, 0.15) is 317 Å². The van der Waals surface area contributed by atoms with Crippen LogP contribution in [0, 0.1) is 13.8 Å². The van der Waals surface area contributed by atoms with Gasteiger partial charge in [0.2, 0.25) is 0 Å². The Hall–Kier alpha value is -6.02. The second-order valence-electron chi connectivity index (χ2n) is 33.6. The van der Waals surface area contributed by atoms with Crippen molar-refractivity contribution in [1.29, 1.82) is 0 Å². The van der Waals surface area contributed by atoms with Gasteiger partial charge in [0.25, 0.3) is 0 Å². The van der Waals surface area contributed by atoms with E-state index in [1.165, 1.54) is 371 Å². The van der Waals surface area contributed by atoms with E-state index in [1.54, 1.807) is 11.1 Å². The molecule has 0 atom stereocenters. The van der Waals surface area contributed by atoms with Crippen LogP contribution in [0.2, 0.25) is 0 Å². The number of hydrogen-bond acceptors (Lipinski definition) is 8. The van der Waals surface area contributed by atoms with E-state index in [0.29, 0.717) is 0 Å². The Morgan fingerprint density at radius 3 is 0.650 bits per heavy atom. The molecule has 0 aliphatic rings. The average Bonchev–Trinajstić information content (AvgIpc) is 1.61. The molecule has 6 aromatic heterocycles. The van der Waals surface area contributed by atoms with Gasteiger partial charge in [-0.25, -0.2) is 9.97 Å². The van der Waals surface area contributed by atoms with E-state index in [1.807, 2.05) is 68.0 Å². The molecule has 0 bridgehead atoms. The number of benzene rings is 7. The standard InChI is InChI=1S/C74H112N2S6.2C18H15P/c1-7-11-15-19-23-27-31-35-39-43-47-59-51-57(5)77-69(59)67-53-61(49-45-41-37-33-29-25-21-17-13-9-3)71(79-67)73-75-63-55-66-64(56-65(63)81-73)76-74(82-66)72-62(50-46-42-38-34-30-26-22-18-14-10-4)54-68(80-72)70-60(52-58(6)78-70)48-44-40-36-32-28-24-20-16-12-8-2;2*1-4-10-16(11-5-1)19(17-12-6-2-7-13-17)18-14-8-3-9-15-18/h51-56H,7-50H2,1-6H3;2*1-15H. The van der Waals surface area contributed by atoms with Crippen molar-refractivity contribution in [2.24, 2.45) is 0 Å². The molecular weight excluding hydrogens is 1600 g/mol. The molecule has 0 aliphatic carbocycles. The van der Waals surface area contributed by atoms with Crippen molar-refractivity contribution in [2.45, 2.75) is 324 Å². The van der Waals surface area contributed by atoms with Gasteiger partial charge in [-0.05, 0) is 172 Å². The summed E-state index contributed by atoms with van der Waals surface area (Å²) in [6.45, 7) is 13.9. The highest BCUT2D eigenvalue weighted by molar-refractivity contribution is 7.80. The first-order valence-corrected chi connectivity index (χ1v) is 54.9. The van der Waals surface area contributed by atoms with Crippen molar-refractivity contribution < 1.29 is 0 Å². The molecule has 6 heterocycles. The number of nitrogens with zero attached hydrogens (tertiary/aromatic N) is 2. The second kappa shape index (κ2) is 55.4. The average molecular weight is 1750 g/mol. The molecule has 0 N–H and O–H groups in total. The third-order valence-corrected chi connectivity index (χ3v) is 35.6. The van der Waals surface area contributed by atoms with E-state index in [4.69, 9.17) is 9.97 Å². The normalized spacial score (nSPS) is 11.5. The van der Waals surface area contributed by atoms with Crippen molar-refractivity contribution in [3.05, 3.63) is 250 Å². The zero-order chi connectivity index (χ0) is 83.2. The largest absolute Gasteiger partial charge is 0.235 e. The van der Waals surface area contributed by atoms with Crippen LogP contribution in [0.5, 0.6) is 0 Å². The number of thiophene rings is 4. The third-order valence-electron chi connectivity index (χ3n) is 23.5. The molecule has 0 aliphatic heterocycles. The summed E-state index contributed by atoms with van der Waals surface area (Å²) in [5.74, 6) is 0. The fraction of sp³-hybridized carbons (Fsp3) is 0.455. The second-order valence-corrected chi connectivity index (χ2v) is 44.7. The Morgan fingerprint density at radius 1 is 0.217 bits per heavy atom. The van der Waals surface area contributed by atoms with Crippen LogP contribution in [-0.2, 0) is 25.7 Å². The lowest BCUT2D eigenvalue weighted by molar-refractivity contribution is 0.556. The van der Waals surface area contributed by atoms with E-state index in [9.17, 15) is 0 Å². The molecule has 0 saturated heterocycles. The van der Waals surface area contributed by atoms with Crippen LogP contribution in [0.4, 0.5) is 0 Å². The molecule has 0 saturated carbocycles. The van der Waals surface area contributed by atoms with Crippen molar-refractivity contribution in [3.63, 3.8) is 0 Å². The minimum Gasteiger partial charge on any atom is -0.235 e. The fourth-order valence-electron chi connectivity index (χ4n) is 16.8. The highest BCUT2D eigenvalue weighted by Crippen LogP contribution is 2.49. The summed E-state index contributed by atoms with van der Waals surface area (Å²) in [5.41, 5.74) is 8.47. The Bertz CT molecular complexity index is 4320. The van der Waals surface area contributed by atoms with Crippen molar-refractivity contribution in [3.8, 4) is 39.3 Å². The minimum absolute atomic E-state index is 0.446. The lowest BCUT2D eigenvalue weighted by Crippen LogP contribution is -2.20. The Labute approximate surface area is 753 Å². The molecule has 638 valence electrons. The topological polar surface area (TPSA) is 25.8 Å². The third kappa shape index (κ3) is 31.3. The van der Waals surface area contributed by atoms with Gasteiger partial charge in [0, 0.05) is 29.3 Å². The molecule has 7 aromatic carbocycles. The maximum absolute atomic E-state index is 5.55. The van der Waals surface area contributed by atoms with Gasteiger partial charge in [-0.3, -0.25) is 0 Å². The van der Waals surface area contributed by atoms with Gasteiger partial charge >= 0.3 is 0 Å². The Morgan fingerprint density at radius 2 is 0.425 bits per heavy atom. The van der Waals surface area contributed by atoms with E-state index in [2.05, 4.69) is 260 Å². The summed E-state index contributed by atoms with van der Waals surface area (Å²) in [4.78, 5) is 22.8. The van der Waals surface area contributed by atoms with Gasteiger partial charge < -0.3 is 0 Å². The van der Waals surface area contributed by atoms with Crippen LogP contribution in [-0.4, -0.2) is 9.97 Å². The van der Waals surface area contributed by atoms with E-state index in [-0.39, 0.29) is 0 Å². The summed E-state index contributed by atoms with van der Waals surface area (Å²) in [5, 5.41) is 10.8. The molecule has 0 amide bonds. The van der Waals surface area contributed by atoms with Crippen LogP contribution in [0.3, 0.4) is 0 Å². The van der Waals surface area contributed by atoms with Gasteiger partial charge in [0.1, 0.15) is 10.0 Å². The molecule has 10 heteroatoms. The molecule has 120 heavy (non-hydrogen) atoms. The van der Waals surface area contributed by atoms with Crippen molar-refractivity contribution >= 4 is 136 Å². The molecule has 0 fully saturated rings. The molecule has 0 unspecified atom stereocenters. The van der Waals surface area contributed by atoms with Crippen LogP contribution in [0.25, 0.3) is 59.7 Å². The van der Waals surface area contributed by atoms with Gasteiger partial charge in [-0.1, -0.05) is 441 Å². The van der Waals surface area contributed by atoms with E-state index < -0.39 is 15.8 Å². The lowest BCUT2D eigenvalue weighted by atomic mass is 10.0. The first-order chi connectivity index (χ1) is 59.3. The highest BCUT2D eigenvalue weighted by atomic mass is 32.1. The first-order valence-electron chi connectivity index (χ1n) is 47.4. The summed E-state index contributed by atoms with van der Waals surface area (Å²) >= 11 is 11.9. The van der Waals surface area contributed by atoms with Crippen molar-refractivity contribution in [2.75, 3.05) is 0 Å². The van der Waals surface area contributed by atoms with Gasteiger partial charge in [0.05, 0.1) is 30.2 Å². The van der Waals surface area contributed by atoms with Gasteiger partial charge in [-0.15, -0.1) is 68.0 Å². The summed E-state index contributed by atoms with van der Waals surface area (Å²) in [6, 6.07) is 79.6. The van der Waals surface area contributed by atoms with Crippen LogP contribution in [0.15, 0.2) is 218 Å². The zero-order valence-corrected chi connectivity index (χ0v) is 80.8. The minimum atomic E-state index is -0.446. The van der Waals surface area contributed by atoms with Crippen molar-refractivity contribution in [1.82, 2.24) is 9.97 Å². The molecule has 2 nitrogen and oxygen atoms in total. The van der Waals surface area contributed by atoms with Crippen LogP contribution < -0.4 is 31.8 Å². The molecule has 0 spiro atoms. The molecule has 13 rings (SSSR count). The number of aromatic nitrogens is 2. The predicted molar refractivity (Wildman–Crippen MR) is 548 cm³/mol. The Balaban J connectivity index is 0.000000296. The van der Waals surface area contributed by atoms with E-state index >= 15 is 0 Å². The lowest BCUT2D eigenvalue weighted by Gasteiger charge is -2.18. The van der Waals surface area contributed by atoms with Gasteiger partial charge in [-0.2, -0.15) is 0 Å². The maximum Gasteiger partial charge on any atom is 0.134 e. The highest BCUT2D eigenvalue weighted by Gasteiger charge is 2.24. The molecular formula is C110H142N2P2S6. The molecule has 0 radical (unpaired) electrons. The van der Waals surface area contributed by atoms with Crippen LogP contribution >= 0.6 is 83.9 Å². The zero-order valence-electron chi connectivity index (χ0n) is 74.1. The number of aryl methyl sites for hydroxylation is 6. The summed E-state index contributed by atoms with van der Waals surface area (Å²) in [6.07, 6.45) is 59.9. The number of rotatable bonds is 54.